The molecule has 1 rings (SSSR count). The predicted octanol–water partition coefficient (Wildman–Crippen LogP) is 1.68. The topological polar surface area (TPSA) is 74.6 Å². The molecule has 6 heteroatoms. The van der Waals surface area contributed by atoms with Crippen molar-refractivity contribution < 1.29 is 28.6 Å². The van der Waals surface area contributed by atoms with Crippen molar-refractivity contribution in [1.29, 1.82) is 0 Å². The van der Waals surface area contributed by atoms with E-state index in [4.69, 9.17) is 10.2 Å². The van der Waals surface area contributed by atoms with Gasteiger partial charge in [-0.3, -0.25) is 4.79 Å². The molecule has 4 nitrogen and oxygen atoms in total. The van der Waals surface area contributed by atoms with Gasteiger partial charge in [-0.15, -0.1) is 0 Å². The number of halogens is 2. The summed E-state index contributed by atoms with van der Waals surface area (Å²) in [7, 11) is 0. The lowest BCUT2D eigenvalue weighted by Gasteiger charge is -2.04. The summed E-state index contributed by atoms with van der Waals surface area (Å²) in [5.41, 5.74) is -0.915. The SMILES string of the molecule is O=C(O)CCc1ccc(C(=O)O)c(F)c1F. The highest BCUT2D eigenvalue weighted by Gasteiger charge is 2.17. The van der Waals surface area contributed by atoms with E-state index in [0.717, 1.165) is 12.1 Å². The van der Waals surface area contributed by atoms with Gasteiger partial charge in [0, 0.05) is 6.42 Å². The van der Waals surface area contributed by atoms with Gasteiger partial charge < -0.3 is 10.2 Å². The second-order valence-corrected chi connectivity index (χ2v) is 3.10. The van der Waals surface area contributed by atoms with E-state index in [9.17, 15) is 18.4 Å². The van der Waals surface area contributed by atoms with Gasteiger partial charge in [0.15, 0.2) is 11.6 Å². The van der Waals surface area contributed by atoms with Crippen molar-refractivity contribution in [2.75, 3.05) is 0 Å². The van der Waals surface area contributed by atoms with Crippen LogP contribution in [0.5, 0.6) is 0 Å². The van der Waals surface area contributed by atoms with Gasteiger partial charge in [-0.25, -0.2) is 13.6 Å². The molecule has 1 aromatic carbocycles. The van der Waals surface area contributed by atoms with Crippen LogP contribution >= 0.6 is 0 Å². The zero-order valence-corrected chi connectivity index (χ0v) is 8.04. The maximum atomic E-state index is 13.2. The average molecular weight is 230 g/mol. The molecule has 0 bridgehead atoms. The molecular formula is C10H8F2O4. The van der Waals surface area contributed by atoms with Crippen LogP contribution in [-0.4, -0.2) is 22.2 Å². The highest BCUT2D eigenvalue weighted by molar-refractivity contribution is 5.88. The Bertz CT molecular complexity index is 443. The third kappa shape index (κ3) is 2.53. The summed E-state index contributed by atoms with van der Waals surface area (Å²) in [6, 6.07) is 1.99. The van der Waals surface area contributed by atoms with Gasteiger partial charge in [0.1, 0.15) is 0 Å². The Hall–Kier alpha value is -1.98. The molecule has 0 unspecified atom stereocenters. The molecule has 1 aromatic rings. The van der Waals surface area contributed by atoms with Crippen molar-refractivity contribution >= 4 is 11.9 Å². The number of carbonyl (C=O) groups is 2. The van der Waals surface area contributed by atoms with Crippen LogP contribution in [0.25, 0.3) is 0 Å². The first-order chi connectivity index (χ1) is 7.43. The average Bonchev–Trinajstić information content (AvgIpc) is 2.19. The summed E-state index contributed by atoms with van der Waals surface area (Å²) in [4.78, 5) is 20.7. The Balaban J connectivity index is 3.02. The smallest absolute Gasteiger partial charge is 0.338 e. The molecule has 0 saturated heterocycles. The van der Waals surface area contributed by atoms with Crippen molar-refractivity contribution in [1.82, 2.24) is 0 Å². The number of benzene rings is 1. The lowest BCUT2D eigenvalue weighted by atomic mass is 10.1. The molecule has 0 aliphatic rings. The van der Waals surface area contributed by atoms with Gasteiger partial charge in [0.05, 0.1) is 5.56 Å². The maximum Gasteiger partial charge on any atom is 0.338 e. The van der Waals surface area contributed by atoms with Crippen LogP contribution in [0.4, 0.5) is 8.78 Å². The number of aryl methyl sites for hydroxylation is 1. The fourth-order valence-electron chi connectivity index (χ4n) is 1.19. The number of rotatable bonds is 4. The summed E-state index contributed by atoms with van der Waals surface area (Å²) >= 11 is 0. The quantitative estimate of drug-likeness (QED) is 0.825. The van der Waals surface area contributed by atoms with Crippen LogP contribution in [0, 0.1) is 11.6 Å². The fraction of sp³-hybridized carbons (Fsp3) is 0.200. The highest BCUT2D eigenvalue weighted by atomic mass is 19.2. The minimum atomic E-state index is -1.57. The normalized spacial score (nSPS) is 10.1. The molecule has 0 atom stereocenters. The first-order valence-electron chi connectivity index (χ1n) is 4.35. The zero-order valence-electron chi connectivity index (χ0n) is 8.04. The standard InChI is InChI=1S/C10H8F2O4/c11-8-5(2-4-7(13)14)1-3-6(9(8)12)10(15)16/h1,3H,2,4H2,(H,13,14)(H,15,16). The number of hydrogen-bond acceptors (Lipinski definition) is 2. The largest absolute Gasteiger partial charge is 0.481 e. The van der Waals surface area contributed by atoms with E-state index in [2.05, 4.69) is 0 Å². The molecule has 16 heavy (non-hydrogen) atoms. The number of hydrogen-bond donors (Lipinski definition) is 2. The van der Waals surface area contributed by atoms with Gasteiger partial charge in [-0.05, 0) is 18.1 Å². The number of carboxylic acid groups (broad SMARTS) is 2. The van der Waals surface area contributed by atoms with Crippen molar-refractivity contribution in [2.45, 2.75) is 12.8 Å². The van der Waals surface area contributed by atoms with Gasteiger partial charge in [0.2, 0.25) is 0 Å². The van der Waals surface area contributed by atoms with Crippen LogP contribution in [0.15, 0.2) is 12.1 Å². The van der Waals surface area contributed by atoms with E-state index in [-0.39, 0.29) is 18.4 Å². The molecule has 0 saturated carbocycles. The second kappa shape index (κ2) is 4.69. The van der Waals surface area contributed by atoms with Crippen molar-refractivity contribution in [2.24, 2.45) is 0 Å². The molecule has 0 amide bonds. The fourth-order valence-corrected chi connectivity index (χ4v) is 1.19. The van der Waals surface area contributed by atoms with Crippen LogP contribution in [0.2, 0.25) is 0 Å². The first-order valence-corrected chi connectivity index (χ1v) is 4.35. The van der Waals surface area contributed by atoms with Crippen LogP contribution in [0.1, 0.15) is 22.3 Å². The van der Waals surface area contributed by atoms with E-state index in [1.54, 1.807) is 0 Å². The lowest BCUT2D eigenvalue weighted by Crippen LogP contribution is -2.06. The second-order valence-electron chi connectivity index (χ2n) is 3.10. The van der Waals surface area contributed by atoms with Crippen molar-refractivity contribution in [3.05, 3.63) is 34.9 Å². The molecule has 0 aromatic heterocycles. The Morgan fingerprint density at radius 3 is 2.25 bits per heavy atom. The summed E-state index contributed by atoms with van der Waals surface area (Å²) in [6.45, 7) is 0. The Kier molecular flexibility index (Phi) is 3.55. The van der Waals surface area contributed by atoms with Crippen molar-refractivity contribution in [3.63, 3.8) is 0 Å². The zero-order chi connectivity index (χ0) is 12.3. The summed E-state index contributed by atoms with van der Waals surface area (Å²) < 4.78 is 26.4. The summed E-state index contributed by atoms with van der Waals surface area (Å²) in [5.74, 6) is -5.47. The Labute approximate surface area is 89.1 Å². The minimum absolute atomic E-state index is 0.148. The predicted molar refractivity (Wildman–Crippen MR) is 49.3 cm³/mol. The van der Waals surface area contributed by atoms with E-state index in [1.807, 2.05) is 0 Å². The third-order valence-electron chi connectivity index (χ3n) is 2.00. The van der Waals surface area contributed by atoms with Crippen molar-refractivity contribution in [3.8, 4) is 0 Å². The third-order valence-corrected chi connectivity index (χ3v) is 2.00. The van der Waals surface area contributed by atoms with E-state index < -0.39 is 29.1 Å². The monoisotopic (exact) mass is 230 g/mol. The van der Waals surface area contributed by atoms with Gasteiger partial charge in [0.25, 0.3) is 0 Å². The first kappa shape index (κ1) is 12.1. The molecule has 0 spiro atoms. The molecule has 0 aliphatic heterocycles. The van der Waals surface area contributed by atoms with E-state index in [1.165, 1.54) is 0 Å². The maximum absolute atomic E-state index is 13.2. The molecule has 0 radical (unpaired) electrons. The molecule has 2 N–H and O–H groups in total. The van der Waals surface area contributed by atoms with E-state index >= 15 is 0 Å². The van der Waals surface area contributed by atoms with Crippen LogP contribution in [-0.2, 0) is 11.2 Å². The number of carboxylic acids is 2. The summed E-state index contributed by atoms with van der Waals surface area (Å²) in [5, 5.41) is 16.9. The van der Waals surface area contributed by atoms with E-state index in [0.29, 0.717) is 0 Å². The Morgan fingerprint density at radius 2 is 1.75 bits per heavy atom. The highest BCUT2D eigenvalue weighted by Crippen LogP contribution is 2.17. The molecule has 86 valence electrons. The number of aromatic carboxylic acids is 1. The summed E-state index contributed by atoms with van der Waals surface area (Å²) in [6.07, 6.45) is -0.527. The molecular weight excluding hydrogens is 222 g/mol. The molecule has 0 fully saturated rings. The molecule has 0 heterocycles. The molecule has 0 aliphatic carbocycles. The minimum Gasteiger partial charge on any atom is -0.481 e. The van der Waals surface area contributed by atoms with Gasteiger partial charge in [-0.1, -0.05) is 6.07 Å². The lowest BCUT2D eigenvalue weighted by molar-refractivity contribution is -0.136. The number of aliphatic carboxylic acids is 1. The van der Waals surface area contributed by atoms with Gasteiger partial charge >= 0.3 is 11.9 Å². The van der Waals surface area contributed by atoms with Crippen LogP contribution in [0.3, 0.4) is 0 Å². The van der Waals surface area contributed by atoms with Gasteiger partial charge in [-0.2, -0.15) is 0 Å². The van der Waals surface area contributed by atoms with Crippen LogP contribution < -0.4 is 0 Å². The Morgan fingerprint density at radius 1 is 1.12 bits per heavy atom.